The van der Waals surface area contributed by atoms with Gasteiger partial charge in [-0.1, -0.05) is 62.7 Å². The molecular weight excluding hydrogens is 430 g/mol. The average Bonchev–Trinajstić information content (AvgIpc) is 3.55. The number of rotatable bonds is 11. The summed E-state index contributed by atoms with van der Waals surface area (Å²) in [7, 11) is 0. The predicted octanol–water partition coefficient (Wildman–Crippen LogP) is 8.86. The first kappa shape index (κ1) is 24.4. The van der Waals surface area contributed by atoms with Gasteiger partial charge in [0.25, 0.3) is 5.92 Å². The van der Waals surface area contributed by atoms with Gasteiger partial charge >= 0.3 is 0 Å². The number of hydrogen-bond acceptors (Lipinski definition) is 2. The number of benzene rings is 2. The van der Waals surface area contributed by atoms with Gasteiger partial charge in [0, 0.05) is 35.8 Å². The summed E-state index contributed by atoms with van der Waals surface area (Å²) in [5, 5.41) is 1.00. The molecule has 179 valence electrons. The molecule has 0 saturated carbocycles. The lowest BCUT2D eigenvalue weighted by molar-refractivity contribution is 0.0174. The molecule has 34 heavy (non-hydrogen) atoms. The number of allylic oxidation sites excluding steroid dienone is 2. The molecule has 4 rings (SSSR count). The number of furan rings is 1. The summed E-state index contributed by atoms with van der Waals surface area (Å²) >= 11 is 0. The van der Waals surface area contributed by atoms with Gasteiger partial charge in [0.1, 0.15) is 5.58 Å². The summed E-state index contributed by atoms with van der Waals surface area (Å²) in [4.78, 5) is 12.2. The number of hydrogen-bond donors (Lipinski definition) is 0. The molecule has 1 heterocycles. The van der Waals surface area contributed by atoms with Crippen molar-refractivity contribution >= 4 is 22.3 Å². The number of Topliss-reactive ketones (excluding diaryl/α,β-unsaturated/α-hetero) is 1. The predicted molar refractivity (Wildman–Crippen MR) is 134 cm³/mol. The molecule has 3 aromatic rings. The molecule has 1 aliphatic carbocycles. The maximum absolute atomic E-state index is 13.4. The number of alkyl halides is 2. The summed E-state index contributed by atoms with van der Waals surface area (Å²) < 4.78 is 32.8. The highest BCUT2D eigenvalue weighted by Crippen LogP contribution is 2.49. The Labute approximate surface area is 201 Å². The van der Waals surface area contributed by atoms with E-state index in [1.807, 2.05) is 26.0 Å². The molecule has 1 unspecified atom stereocenters. The van der Waals surface area contributed by atoms with Crippen molar-refractivity contribution in [2.45, 2.75) is 72.1 Å². The van der Waals surface area contributed by atoms with Crippen molar-refractivity contribution in [2.75, 3.05) is 0 Å². The Kier molecular flexibility index (Phi) is 7.06. The average molecular weight is 464 g/mol. The van der Waals surface area contributed by atoms with Gasteiger partial charge < -0.3 is 4.42 Å². The molecule has 2 aromatic carbocycles. The van der Waals surface area contributed by atoms with Crippen LogP contribution in [0.25, 0.3) is 16.5 Å². The Balaban J connectivity index is 1.39. The van der Waals surface area contributed by atoms with E-state index in [0.29, 0.717) is 18.1 Å². The molecule has 0 saturated heterocycles. The minimum absolute atomic E-state index is 0.0363. The van der Waals surface area contributed by atoms with Crippen molar-refractivity contribution in [3.63, 3.8) is 0 Å². The first-order valence-electron chi connectivity index (χ1n) is 12.4. The van der Waals surface area contributed by atoms with Crippen LogP contribution in [0.2, 0.25) is 0 Å². The number of ketones is 1. The summed E-state index contributed by atoms with van der Waals surface area (Å²) in [6.07, 6.45) is 7.95. The van der Waals surface area contributed by atoms with Crippen molar-refractivity contribution in [1.82, 2.24) is 0 Å². The molecule has 1 aliphatic rings. The quantitative estimate of drug-likeness (QED) is 0.266. The molecule has 0 aliphatic heterocycles. The first-order chi connectivity index (χ1) is 16.2. The molecule has 1 atom stereocenters. The Morgan fingerprint density at radius 1 is 1.06 bits per heavy atom. The van der Waals surface area contributed by atoms with Crippen LogP contribution in [0, 0.1) is 18.8 Å². The molecule has 2 nitrogen and oxygen atoms in total. The van der Waals surface area contributed by atoms with Crippen LogP contribution in [0.3, 0.4) is 0 Å². The largest absolute Gasteiger partial charge is 0.453 e. The highest BCUT2D eigenvalue weighted by molar-refractivity contribution is 6.02. The second kappa shape index (κ2) is 9.85. The zero-order valence-corrected chi connectivity index (χ0v) is 20.5. The molecule has 1 aromatic heterocycles. The van der Waals surface area contributed by atoms with E-state index in [4.69, 9.17) is 4.42 Å². The van der Waals surface area contributed by atoms with Crippen molar-refractivity contribution in [3.05, 3.63) is 82.5 Å². The van der Waals surface area contributed by atoms with Gasteiger partial charge in [0.05, 0.1) is 0 Å². The molecule has 0 amide bonds. The number of carbonyl (C=O) groups is 1. The molecule has 0 bridgehead atoms. The van der Waals surface area contributed by atoms with Gasteiger partial charge in [-0.2, -0.15) is 0 Å². The van der Waals surface area contributed by atoms with E-state index in [2.05, 4.69) is 31.2 Å². The summed E-state index contributed by atoms with van der Waals surface area (Å²) in [5.74, 6) is -0.363. The van der Waals surface area contributed by atoms with E-state index in [9.17, 15) is 13.6 Å². The highest BCUT2D eigenvalue weighted by Gasteiger charge is 2.34. The maximum Gasteiger partial charge on any atom is 0.270 e. The highest BCUT2D eigenvalue weighted by atomic mass is 19.3. The molecule has 4 heteroatoms. The fourth-order valence-corrected chi connectivity index (χ4v) is 4.85. The summed E-state index contributed by atoms with van der Waals surface area (Å²) in [6.45, 7) is 6.94. The third-order valence-corrected chi connectivity index (χ3v) is 6.91. The Bertz CT molecular complexity index is 1200. The lowest BCUT2D eigenvalue weighted by Gasteiger charge is -2.17. The van der Waals surface area contributed by atoms with Crippen molar-refractivity contribution < 1.29 is 18.0 Å². The van der Waals surface area contributed by atoms with Crippen molar-refractivity contribution in [3.8, 4) is 0 Å². The van der Waals surface area contributed by atoms with Crippen LogP contribution >= 0.6 is 0 Å². The first-order valence-corrected chi connectivity index (χ1v) is 12.4. The summed E-state index contributed by atoms with van der Waals surface area (Å²) in [5.41, 5.74) is 5.29. The minimum atomic E-state index is -2.79. The monoisotopic (exact) mass is 463 g/mol. The van der Waals surface area contributed by atoms with Gasteiger partial charge in [-0.05, 0) is 61.3 Å². The van der Waals surface area contributed by atoms with E-state index >= 15 is 0 Å². The second-order valence-corrected chi connectivity index (χ2v) is 9.52. The van der Waals surface area contributed by atoms with E-state index in [1.54, 1.807) is 12.1 Å². The zero-order chi connectivity index (χ0) is 24.5. The van der Waals surface area contributed by atoms with Gasteiger partial charge in [0.15, 0.2) is 11.5 Å². The molecule has 0 spiro atoms. The fourth-order valence-electron chi connectivity index (χ4n) is 4.85. The van der Waals surface area contributed by atoms with Gasteiger partial charge in [0.2, 0.25) is 0 Å². The molecule has 1 radical (unpaired) electrons. The van der Waals surface area contributed by atoms with Crippen LogP contribution in [0.1, 0.15) is 85.7 Å². The molecule has 0 fully saturated rings. The maximum atomic E-state index is 13.4. The fraction of sp³-hybridized carbons (Fsp3) is 0.400. The third kappa shape index (κ3) is 5.16. The van der Waals surface area contributed by atoms with Crippen LogP contribution in [-0.2, 0) is 12.3 Å². The van der Waals surface area contributed by atoms with Crippen molar-refractivity contribution in [2.24, 2.45) is 5.92 Å². The number of aryl methyl sites for hydroxylation is 2. The normalized spacial score (nSPS) is 14.9. The number of carbonyl (C=O) groups excluding carboxylic acids is 1. The van der Waals surface area contributed by atoms with E-state index in [-0.39, 0.29) is 11.3 Å². The topological polar surface area (TPSA) is 30.2 Å². The lowest BCUT2D eigenvalue weighted by atomic mass is 9.88. The van der Waals surface area contributed by atoms with Crippen LogP contribution in [0.15, 0.2) is 53.0 Å². The standard InChI is InChI=1S/C30H33F2O2/c1-5-8-21(10-7-9-20-11-14-23(15-12-20)30(4,31)32)25-18-26(25)22-13-16-24-19(3)29(27(33)6-2)34-28(24)17-22/h11-18,21H,5-10H2,1-4H3. The van der Waals surface area contributed by atoms with Gasteiger partial charge in [-0.15, -0.1) is 0 Å². The van der Waals surface area contributed by atoms with E-state index in [0.717, 1.165) is 66.7 Å². The molecular formula is C30H33F2O2. The third-order valence-electron chi connectivity index (χ3n) is 6.91. The van der Waals surface area contributed by atoms with Gasteiger partial charge in [-0.3, -0.25) is 4.79 Å². The minimum Gasteiger partial charge on any atom is -0.453 e. The van der Waals surface area contributed by atoms with Crippen molar-refractivity contribution in [1.29, 1.82) is 0 Å². The Morgan fingerprint density at radius 2 is 1.79 bits per heavy atom. The van der Waals surface area contributed by atoms with Crippen LogP contribution < -0.4 is 0 Å². The van der Waals surface area contributed by atoms with Crippen LogP contribution in [-0.4, -0.2) is 5.78 Å². The Hall–Kier alpha value is -2.75. The summed E-state index contributed by atoms with van der Waals surface area (Å²) in [6, 6.07) is 13.0. The van der Waals surface area contributed by atoms with E-state index < -0.39 is 5.92 Å². The smallest absolute Gasteiger partial charge is 0.270 e. The van der Waals surface area contributed by atoms with Crippen LogP contribution in [0.4, 0.5) is 8.78 Å². The lowest BCUT2D eigenvalue weighted by Crippen LogP contribution is -2.07. The van der Waals surface area contributed by atoms with Gasteiger partial charge in [-0.25, -0.2) is 8.78 Å². The van der Waals surface area contributed by atoms with Crippen LogP contribution in [0.5, 0.6) is 0 Å². The Morgan fingerprint density at radius 3 is 2.44 bits per heavy atom. The SMILES string of the molecule is CCCC(CCCc1ccc(C(C)(F)F)cc1)[C]1C=C1c1ccc2c(C)c(C(=O)CC)oc2c1. The number of fused-ring (bicyclic) bond motifs is 1. The number of halogens is 2. The zero-order valence-electron chi connectivity index (χ0n) is 20.5. The van der Waals surface area contributed by atoms with E-state index in [1.165, 1.54) is 11.5 Å². The second-order valence-electron chi connectivity index (χ2n) is 9.52. The molecule has 0 N–H and O–H groups in total.